The SMILES string of the molecule is O=[N+]([O-])c1cc(Cl)ccc1S(=O)(=O)Nc1ccc(I)cc1. The summed E-state index contributed by atoms with van der Waals surface area (Å²) < 4.78 is 27.8. The van der Waals surface area contributed by atoms with Gasteiger partial charge in [0.05, 0.1) is 4.92 Å². The maximum absolute atomic E-state index is 12.3. The lowest BCUT2D eigenvalue weighted by molar-refractivity contribution is -0.387. The molecule has 0 heterocycles. The van der Waals surface area contributed by atoms with E-state index in [0.29, 0.717) is 5.69 Å². The second-order valence-corrected chi connectivity index (χ2v) is 7.31. The van der Waals surface area contributed by atoms with Crippen molar-refractivity contribution in [3.63, 3.8) is 0 Å². The van der Waals surface area contributed by atoms with Gasteiger partial charge in [0.2, 0.25) is 0 Å². The highest BCUT2D eigenvalue weighted by Crippen LogP contribution is 2.28. The van der Waals surface area contributed by atoms with Crippen molar-refractivity contribution in [1.82, 2.24) is 0 Å². The molecule has 9 heteroatoms. The van der Waals surface area contributed by atoms with Crippen molar-refractivity contribution in [2.24, 2.45) is 0 Å². The molecule has 2 rings (SSSR count). The molecule has 0 saturated carbocycles. The number of sulfonamides is 1. The van der Waals surface area contributed by atoms with Crippen molar-refractivity contribution in [3.05, 3.63) is 61.2 Å². The Hall–Kier alpha value is -1.39. The van der Waals surface area contributed by atoms with Crippen molar-refractivity contribution in [2.75, 3.05) is 4.72 Å². The van der Waals surface area contributed by atoms with Crippen LogP contribution in [0.5, 0.6) is 0 Å². The van der Waals surface area contributed by atoms with Crippen molar-refractivity contribution < 1.29 is 13.3 Å². The first-order valence-corrected chi connectivity index (χ1v) is 8.46. The van der Waals surface area contributed by atoms with E-state index in [1.54, 1.807) is 24.3 Å². The first kappa shape index (κ1) is 16.0. The summed E-state index contributed by atoms with van der Waals surface area (Å²) in [7, 11) is -4.07. The molecule has 110 valence electrons. The van der Waals surface area contributed by atoms with Crippen LogP contribution in [0.15, 0.2) is 47.4 Å². The second-order valence-electron chi connectivity index (χ2n) is 3.98. The molecule has 6 nitrogen and oxygen atoms in total. The molecule has 21 heavy (non-hydrogen) atoms. The summed E-state index contributed by atoms with van der Waals surface area (Å²) in [5.41, 5.74) is -0.250. The monoisotopic (exact) mass is 438 g/mol. The highest BCUT2D eigenvalue weighted by Gasteiger charge is 2.26. The molecule has 0 aliphatic rings. The van der Waals surface area contributed by atoms with Crippen LogP contribution >= 0.6 is 34.2 Å². The maximum atomic E-state index is 12.3. The zero-order valence-electron chi connectivity index (χ0n) is 10.3. The van der Waals surface area contributed by atoms with Crippen LogP contribution in [0.25, 0.3) is 0 Å². The van der Waals surface area contributed by atoms with Crippen LogP contribution in [0.4, 0.5) is 11.4 Å². The predicted molar refractivity (Wildman–Crippen MR) is 88.1 cm³/mol. The second kappa shape index (κ2) is 6.16. The van der Waals surface area contributed by atoms with E-state index in [-0.39, 0.29) is 5.02 Å². The Morgan fingerprint density at radius 3 is 2.33 bits per heavy atom. The van der Waals surface area contributed by atoms with E-state index in [2.05, 4.69) is 27.3 Å². The summed E-state index contributed by atoms with van der Waals surface area (Å²) in [6.45, 7) is 0. The lowest BCUT2D eigenvalue weighted by Crippen LogP contribution is -2.14. The van der Waals surface area contributed by atoms with Crippen LogP contribution in [-0.4, -0.2) is 13.3 Å². The molecule has 0 bridgehead atoms. The quantitative estimate of drug-likeness (QED) is 0.448. The van der Waals surface area contributed by atoms with E-state index >= 15 is 0 Å². The van der Waals surface area contributed by atoms with Gasteiger partial charge in [-0.3, -0.25) is 14.8 Å². The third-order valence-electron chi connectivity index (χ3n) is 2.50. The van der Waals surface area contributed by atoms with E-state index in [9.17, 15) is 18.5 Å². The Labute approximate surface area is 139 Å². The molecular formula is C12H8ClIN2O4S. The van der Waals surface area contributed by atoms with Crippen LogP contribution in [-0.2, 0) is 10.0 Å². The fourth-order valence-corrected chi connectivity index (χ4v) is 3.33. The summed E-state index contributed by atoms with van der Waals surface area (Å²) in [4.78, 5) is 9.75. The molecule has 0 aliphatic heterocycles. The van der Waals surface area contributed by atoms with Crippen molar-refractivity contribution >= 4 is 55.6 Å². The van der Waals surface area contributed by atoms with Gasteiger partial charge in [-0.15, -0.1) is 0 Å². The average molecular weight is 439 g/mol. The molecule has 0 radical (unpaired) electrons. The smallest absolute Gasteiger partial charge is 0.279 e. The Balaban J connectivity index is 2.44. The molecule has 0 amide bonds. The number of rotatable bonds is 4. The fraction of sp³-hybridized carbons (Fsp3) is 0. The van der Waals surface area contributed by atoms with Gasteiger partial charge in [0.15, 0.2) is 4.90 Å². The number of hydrogen-bond donors (Lipinski definition) is 1. The van der Waals surface area contributed by atoms with Gasteiger partial charge in [-0.05, 0) is 59.0 Å². The molecule has 0 atom stereocenters. The molecule has 2 aromatic rings. The molecule has 0 aromatic heterocycles. The number of halogens is 2. The minimum absolute atomic E-state index is 0.0925. The van der Waals surface area contributed by atoms with E-state index < -0.39 is 25.5 Å². The molecule has 0 fully saturated rings. The van der Waals surface area contributed by atoms with Crippen LogP contribution in [0.1, 0.15) is 0 Å². The normalized spacial score (nSPS) is 11.1. The zero-order chi connectivity index (χ0) is 15.6. The number of anilines is 1. The van der Waals surface area contributed by atoms with Crippen molar-refractivity contribution in [2.45, 2.75) is 4.90 Å². The largest absolute Gasteiger partial charge is 0.291 e. The van der Waals surface area contributed by atoms with Crippen molar-refractivity contribution in [3.8, 4) is 0 Å². The van der Waals surface area contributed by atoms with Gasteiger partial charge in [0, 0.05) is 20.3 Å². The summed E-state index contributed by atoms with van der Waals surface area (Å²) in [5.74, 6) is 0. The van der Waals surface area contributed by atoms with Crippen LogP contribution in [0.3, 0.4) is 0 Å². The Morgan fingerprint density at radius 1 is 1.14 bits per heavy atom. The number of nitro benzene ring substituents is 1. The van der Waals surface area contributed by atoms with Gasteiger partial charge in [-0.25, -0.2) is 8.42 Å². The lowest BCUT2D eigenvalue weighted by atomic mass is 10.3. The average Bonchev–Trinajstić information content (AvgIpc) is 2.40. The van der Waals surface area contributed by atoms with Gasteiger partial charge < -0.3 is 0 Å². The van der Waals surface area contributed by atoms with Gasteiger partial charge in [0.25, 0.3) is 15.7 Å². The highest BCUT2D eigenvalue weighted by atomic mass is 127. The van der Waals surface area contributed by atoms with Gasteiger partial charge in [-0.2, -0.15) is 0 Å². The summed E-state index contributed by atoms with van der Waals surface area (Å²) >= 11 is 7.75. The number of hydrogen-bond acceptors (Lipinski definition) is 4. The molecule has 2 aromatic carbocycles. The van der Waals surface area contributed by atoms with E-state index in [0.717, 1.165) is 15.7 Å². The summed E-state index contributed by atoms with van der Waals surface area (Å²) in [5, 5.41) is 11.1. The third kappa shape index (κ3) is 3.83. The van der Waals surface area contributed by atoms with E-state index in [1.807, 2.05) is 0 Å². The molecule has 0 aliphatic carbocycles. The summed E-state index contributed by atoms with van der Waals surface area (Å²) in [6.07, 6.45) is 0. The first-order chi connectivity index (χ1) is 9.79. The standard InChI is InChI=1S/C12H8ClIN2O4S/c13-8-1-6-12(11(7-8)16(17)18)21(19,20)15-10-4-2-9(14)3-5-10/h1-7,15H. The Morgan fingerprint density at radius 2 is 1.76 bits per heavy atom. The Bertz CT molecular complexity index is 793. The lowest BCUT2D eigenvalue weighted by Gasteiger charge is -2.08. The first-order valence-electron chi connectivity index (χ1n) is 5.52. The molecule has 1 N–H and O–H groups in total. The number of nitrogens with zero attached hydrogens (tertiary/aromatic N) is 1. The number of nitrogens with one attached hydrogen (secondary N) is 1. The van der Waals surface area contributed by atoms with Gasteiger partial charge in [-0.1, -0.05) is 11.6 Å². The zero-order valence-corrected chi connectivity index (χ0v) is 14.0. The van der Waals surface area contributed by atoms with Crippen LogP contribution in [0.2, 0.25) is 5.02 Å². The minimum atomic E-state index is -4.07. The van der Waals surface area contributed by atoms with Gasteiger partial charge in [0.1, 0.15) is 0 Å². The van der Waals surface area contributed by atoms with E-state index in [1.165, 1.54) is 6.07 Å². The molecule has 0 spiro atoms. The third-order valence-corrected chi connectivity index (χ3v) is 4.89. The molecule has 0 unspecified atom stereocenters. The highest BCUT2D eigenvalue weighted by molar-refractivity contribution is 14.1. The predicted octanol–water partition coefficient (Wildman–Crippen LogP) is 3.65. The fourth-order valence-electron chi connectivity index (χ4n) is 1.59. The van der Waals surface area contributed by atoms with Gasteiger partial charge >= 0.3 is 0 Å². The topological polar surface area (TPSA) is 89.3 Å². The summed E-state index contributed by atoms with van der Waals surface area (Å²) in [6, 6.07) is 9.97. The molecule has 0 saturated heterocycles. The minimum Gasteiger partial charge on any atom is -0.279 e. The molecular weight excluding hydrogens is 431 g/mol. The Kier molecular flexibility index (Phi) is 4.69. The van der Waals surface area contributed by atoms with Crippen LogP contribution < -0.4 is 4.72 Å². The number of benzene rings is 2. The maximum Gasteiger partial charge on any atom is 0.291 e. The van der Waals surface area contributed by atoms with E-state index in [4.69, 9.17) is 11.6 Å². The van der Waals surface area contributed by atoms with Crippen molar-refractivity contribution in [1.29, 1.82) is 0 Å². The van der Waals surface area contributed by atoms with Crippen LogP contribution in [0, 0.1) is 13.7 Å². The number of nitro groups is 1.